The lowest BCUT2D eigenvalue weighted by atomic mass is 10.2. The molecule has 0 saturated carbocycles. The number of thioether (sulfide) groups is 1. The lowest BCUT2D eigenvalue weighted by Gasteiger charge is -2.09. The van der Waals surface area contributed by atoms with Crippen LogP contribution < -0.4 is 11.2 Å². The van der Waals surface area contributed by atoms with Crippen LogP contribution in [-0.4, -0.2) is 23.9 Å². The average Bonchev–Trinajstić information content (AvgIpc) is 2.96. The molecule has 2 heterocycles. The lowest BCUT2D eigenvalue weighted by molar-refractivity contribution is 0.664. The van der Waals surface area contributed by atoms with Crippen molar-refractivity contribution in [1.29, 1.82) is 0 Å². The second-order valence-corrected chi connectivity index (χ2v) is 6.91. The fourth-order valence-corrected chi connectivity index (χ4v) is 3.40. The highest BCUT2D eigenvalue weighted by Gasteiger charge is 2.13. The number of hydrogen-bond donors (Lipinski definition) is 0. The van der Waals surface area contributed by atoms with Gasteiger partial charge in [-0.15, -0.1) is 10.2 Å². The molecule has 0 aliphatic carbocycles. The topological polar surface area (TPSA) is 74.7 Å². The van der Waals surface area contributed by atoms with Gasteiger partial charge in [0.2, 0.25) is 0 Å². The van der Waals surface area contributed by atoms with E-state index >= 15 is 0 Å². The number of nitrogens with zero attached hydrogens (tertiary/aromatic N) is 5. The number of aromatic nitrogens is 5. The van der Waals surface area contributed by atoms with Crippen LogP contribution in [0.3, 0.4) is 0 Å². The molecule has 0 aliphatic rings. The van der Waals surface area contributed by atoms with Gasteiger partial charge >= 0.3 is 5.69 Å². The summed E-state index contributed by atoms with van der Waals surface area (Å²) >= 11 is 7.32. The Bertz CT molecular complexity index is 1040. The van der Waals surface area contributed by atoms with Gasteiger partial charge in [0.15, 0.2) is 11.0 Å². The summed E-state index contributed by atoms with van der Waals surface area (Å²) in [5.74, 6) is 1.16. The lowest BCUT2D eigenvalue weighted by Crippen LogP contribution is -2.37. The van der Waals surface area contributed by atoms with Crippen molar-refractivity contribution < 1.29 is 0 Å². The zero-order valence-electron chi connectivity index (χ0n) is 13.9. The molecule has 130 valence electrons. The third kappa shape index (κ3) is 3.40. The van der Waals surface area contributed by atoms with Crippen LogP contribution in [0.15, 0.2) is 45.1 Å². The first-order valence-electron chi connectivity index (χ1n) is 7.42. The van der Waals surface area contributed by atoms with Crippen molar-refractivity contribution in [3.05, 3.63) is 61.9 Å². The Morgan fingerprint density at radius 2 is 1.68 bits per heavy atom. The Morgan fingerprint density at radius 1 is 1.00 bits per heavy atom. The fourth-order valence-electron chi connectivity index (χ4n) is 2.35. The third-order valence-corrected chi connectivity index (χ3v) is 5.22. The molecule has 0 spiro atoms. The average molecular weight is 378 g/mol. The molecule has 2 aromatic heterocycles. The molecule has 3 rings (SSSR count). The molecule has 0 atom stereocenters. The summed E-state index contributed by atoms with van der Waals surface area (Å²) < 4.78 is 4.41. The van der Waals surface area contributed by atoms with E-state index < -0.39 is 0 Å². The van der Waals surface area contributed by atoms with E-state index in [1.54, 1.807) is 19.2 Å². The van der Waals surface area contributed by atoms with Crippen LogP contribution in [-0.2, 0) is 26.9 Å². The van der Waals surface area contributed by atoms with Crippen LogP contribution in [0.5, 0.6) is 0 Å². The smallest absolute Gasteiger partial charge is 0.305 e. The quantitative estimate of drug-likeness (QED) is 0.648. The second-order valence-electron chi connectivity index (χ2n) is 5.54. The van der Waals surface area contributed by atoms with E-state index in [1.165, 1.54) is 29.4 Å². The van der Waals surface area contributed by atoms with Crippen LogP contribution in [0.2, 0.25) is 5.02 Å². The summed E-state index contributed by atoms with van der Waals surface area (Å²) in [6.07, 6.45) is 0. The largest absolute Gasteiger partial charge is 0.330 e. The Morgan fingerprint density at radius 3 is 2.36 bits per heavy atom. The molecular formula is C16H16ClN5O2S. The molecule has 9 heteroatoms. The normalized spacial score (nSPS) is 11.0. The van der Waals surface area contributed by atoms with Gasteiger partial charge in [0.25, 0.3) is 5.56 Å². The molecule has 0 aliphatic heterocycles. The monoisotopic (exact) mass is 377 g/mol. The Hall–Kier alpha value is -2.32. The molecule has 0 radical (unpaired) electrons. The summed E-state index contributed by atoms with van der Waals surface area (Å²) in [7, 11) is 4.98. The maximum Gasteiger partial charge on any atom is 0.330 e. The van der Waals surface area contributed by atoms with Crippen molar-refractivity contribution in [2.45, 2.75) is 10.9 Å². The molecule has 25 heavy (non-hydrogen) atoms. The standard InChI is InChI=1S/C16H16ClN5O2S/c1-20-12(8-13(23)21(2)16(20)24)9-25-15-19-18-14(22(15)3)10-4-6-11(17)7-5-10/h4-8H,9H2,1-3H3. The highest BCUT2D eigenvalue weighted by Crippen LogP contribution is 2.25. The van der Waals surface area contributed by atoms with Crippen molar-refractivity contribution >= 4 is 23.4 Å². The maximum absolute atomic E-state index is 12.0. The zero-order chi connectivity index (χ0) is 18.1. The molecule has 0 amide bonds. The minimum Gasteiger partial charge on any atom is -0.305 e. The highest BCUT2D eigenvalue weighted by molar-refractivity contribution is 7.98. The maximum atomic E-state index is 12.0. The molecule has 0 unspecified atom stereocenters. The molecule has 0 saturated heterocycles. The SMILES string of the molecule is Cn1c(SCc2cc(=O)n(C)c(=O)n2C)nnc1-c1ccc(Cl)cc1. The van der Waals surface area contributed by atoms with Crippen LogP contribution >= 0.6 is 23.4 Å². The van der Waals surface area contributed by atoms with Crippen molar-refractivity contribution in [3.63, 3.8) is 0 Å². The minimum atomic E-state index is -0.345. The molecule has 3 aromatic rings. The van der Waals surface area contributed by atoms with Gasteiger partial charge in [-0.2, -0.15) is 0 Å². The molecule has 0 bridgehead atoms. The summed E-state index contributed by atoms with van der Waals surface area (Å²) in [5.41, 5.74) is 0.878. The van der Waals surface area contributed by atoms with E-state index in [4.69, 9.17) is 11.6 Å². The molecule has 0 fully saturated rings. The number of benzene rings is 1. The van der Waals surface area contributed by atoms with Crippen molar-refractivity contribution in [2.24, 2.45) is 21.1 Å². The number of hydrogen-bond acceptors (Lipinski definition) is 5. The van der Waals surface area contributed by atoms with E-state index in [0.717, 1.165) is 16.0 Å². The second kappa shape index (κ2) is 6.89. The van der Waals surface area contributed by atoms with Crippen LogP contribution in [0, 0.1) is 0 Å². The molecule has 1 aromatic carbocycles. The first kappa shape index (κ1) is 17.5. The first-order valence-corrected chi connectivity index (χ1v) is 8.79. The van der Waals surface area contributed by atoms with Gasteiger partial charge in [-0.25, -0.2) is 4.79 Å². The van der Waals surface area contributed by atoms with Gasteiger partial charge in [0.05, 0.1) is 0 Å². The van der Waals surface area contributed by atoms with E-state index in [0.29, 0.717) is 21.6 Å². The third-order valence-electron chi connectivity index (χ3n) is 3.91. The zero-order valence-corrected chi connectivity index (χ0v) is 15.5. The summed E-state index contributed by atoms with van der Waals surface area (Å²) in [4.78, 5) is 23.8. The van der Waals surface area contributed by atoms with Crippen LogP contribution in [0.25, 0.3) is 11.4 Å². The van der Waals surface area contributed by atoms with Crippen LogP contribution in [0.4, 0.5) is 0 Å². The van der Waals surface area contributed by atoms with Gasteiger partial charge in [0.1, 0.15) is 0 Å². The fraction of sp³-hybridized carbons (Fsp3) is 0.250. The van der Waals surface area contributed by atoms with E-state index in [-0.39, 0.29) is 11.2 Å². The van der Waals surface area contributed by atoms with Crippen molar-refractivity contribution in [2.75, 3.05) is 0 Å². The summed E-state index contributed by atoms with van der Waals surface area (Å²) in [6.45, 7) is 0. The number of halogens is 1. The summed E-state index contributed by atoms with van der Waals surface area (Å²) in [5, 5.41) is 9.76. The Labute approximate surface area is 152 Å². The number of rotatable bonds is 4. The molecule has 7 nitrogen and oxygen atoms in total. The summed E-state index contributed by atoms with van der Waals surface area (Å²) in [6, 6.07) is 8.82. The Kier molecular flexibility index (Phi) is 4.82. The van der Waals surface area contributed by atoms with Gasteiger partial charge in [-0.3, -0.25) is 13.9 Å². The highest BCUT2D eigenvalue weighted by atomic mass is 35.5. The van der Waals surface area contributed by atoms with Crippen molar-refractivity contribution in [1.82, 2.24) is 23.9 Å². The first-order chi connectivity index (χ1) is 11.9. The predicted octanol–water partition coefficient (Wildman–Crippen LogP) is 1.83. The Balaban J connectivity index is 1.85. The van der Waals surface area contributed by atoms with E-state index in [2.05, 4.69) is 10.2 Å². The van der Waals surface area contributed by atoms with Gasteiger partial charge in [-0.1, -0.05) is 23.4 Å². The van der Waals surface area contributed by atoms with Gasteiger partial charge < -0.3 is 4.57 Å². The predicted molar refractivity (Wildman–Crippen MR) is 97.9 cm³/mol. The van der Waals surface area contributed by atoms with E-state index in [9.17, 15) is 9.59 Å². The molecular weight excluding hydrogens is 362 g/mol. The van der Waals surface area contributed by atoms with E-state index in [1.807, 2.05) is 23.7 Å². The molecule has 0 N–H and O–H groups in total. The van der Waals surface area contributed by atoms with Gasteiger partial charge in [0, 0.05) is 49.2 Å². The van der Waals surface area contributed by atoms with Gasteiger partial charge in [-0.05, 0) is 24.3 Å². The van der Waals surface area contributed by atoms with Crippen LogP contribution in [0.1, 0.15) is 5.69 Å². The minimum absolute atomic E-state index is 0.321. The van der Waals surface area contributed by atoms with Crippen molar-refractivity contribution in [3.8, 4) is 11.4 Å².